The van der Waals surface area contributed by atoms with E-state index in [-0.39, 0.29) is 17.6 Å². The van der Waals surface area contributed by atoms with Crippen LogP contribution in [-0.4, -0.2) is 56.0 Å². The van der Waals surface area contributed by atoms with Gasteiger partial charge in [0.1, 0.15) is 13.2 Å². The van der Waals surface area contributed by atoms with Gasteiger partial charge in [0.05, 0.1) is 16.9 Å². The molecule has 1 aromatic carbocycles. The average molecular weight is 410 g/mol. The molecule has 0 saturated carbocycles. The second kappa shape index (κ2) is 7.93. The zero-order chi connectivity index (χ0) is 20.5. The van der Waals surface area contributed by atoms with E-state index in [0.29, 0.717) is 32.7 Å². The molecule has 6 nitrogen and oxygen atoms in total. The number of amides is 1. The van der Waals surface area contributed by atoms with Crippen LogP contribution in [0.5, 0.6) is 11.5 Å². The number of hydrogen-bond donors (Lipinski definition) is 0. The predicted octanol–water partition coefficient (Wildman–Crippen LogP) is 2.76. The minimum absolute atomic E-state index is 0.0805. The maximum absolute atomic E-state index is 12.8. The van der Waals surface area contributed by atoms with Crippen molar-refractivity contribution in [3.63, 3.8) is 0 Å². The third kappa shape index (κ3) is 4.45. The molecule has 0 spiro atoms. The van der Waals surface area contributed by atoms with Gasteiger partial charge in [-0.1, -0.05) is 6.07 Å². The lowest BCUT2D eigenvalue weighted by atomic mass is 9.97. The summed E-state index contributed by atoms with van der Waals surface area (Å²) in [7, 11) is -3.13. The van der Waals surface area contributed by atoms with Crippen LogP contribution >= 0.6 is 0 Å². The number of piperidine rings is 1. The van der Waals surface area contributed by atoms with Crippen molar-refractivity contribution >= 4 is 15.7 Å². The molecule has 7 heteroatoms. The Hall–Kier alpha value is -1.76. The number of hydrogen-bond acceptors (Lipinski definition) is 5. The van der Waals surface area contributed by atoms with E-state index in [0.717, 1.165) is 35.5 Å². The van der Waals surface area contributed by atoms with Crippen LogP contribution in [0.1, 0.15) is 44.7 Å². The second-order valence-corrected chi connectivity index (χ2v) is 11.6. The molecule has 156 valence electrons. The first-order valence-electron chi connectivity index (χ1n) is 9.96. The molecular formula is C21H31NO5S. The van der Waals surface area contributed by atoms with Gasteiger partial charge in [0.15, 0.2) is 21.3 Å². The van der Waals surface area contributed by atoms with Crippen molar-refractivity contribution in [1.82, 2.24) is 4.90 Å². The minimum Gasteiger partial charge on any atom is -0.486 e. The molecule has 0 bridgehead atoms. The van der Waals surface area contributed by atoms with Gasteiger partial charge in [-0.2, -0.15) is 0 Å². The highest BCUT2D eigenvalue weighted by molar-refractivity contribution is 7.92. The largest absolute Gasteiger partial charge is 0.486 e. The highest BCUT2D eigenvalue weighted by Crippen LogP contribution is 2.35. The van der Waals surface area contributed by atoms with E-state index in [1.807, 2.05) is 24.0 Å². The highest BCUT2D eigenvalue weighted by atomic mass is 32.2. The molecule has 2 heterocycles. The van der Waals surface area contributed by atoms with Crippen molar-refractivity contribution in [2.75, 3.05) is 32.1 Å². The van der Waals surface area contributed by atoms with Gasteiger partial charge in [0.2, 0.25) is 5.91 Å². The molecule has 1 saturated heterocycles. The van der Waals surface area contributed by atoms with Crippen LogP contribution < -0.4 is 9.47 Å². The van der Waals surface area contributed by atoms with E-state index >= 15 is 0 Å². The van der Waals surface area contributed by atoms with Gasteiger partial charge >= 0.3 is 0 Å². The first-order chi connectivity index (χ1) is 13.1. The number of rotatable bonds is 4. The van der Waals surface area contributed by atoms with Crippen LogP contribution in [-0.2, 0) is 21.1 Å². The number of sulfone groups is 1. The van der Waals surface area contributed by atoms with Crippen LogP contribution in [0.25, 0.3) is 0 Å². The molecule has 0 unspecified atom stereocenters. The Kier molecular flexibility index (Phi) is 5.94. The summed E-state index contributed by atoms with van der Waals surface area (Å²) in [5.74, 6) is 1.89. The van der Waals surface area contributed by atoms with Crippen molar-refractivity contribution in [1.29, 1.82) is 0 Å². The Bertz CT molecular complexity index is 833. The van der Waals surface area contributed by atoms with Gasteiger partial charge in [-0.05, 0) is 63.6 Å². The maximum Gasteiger partial charge on any atom is 0.227 e. The molecular weight excluding hydrogens is 378 g/mol. The van der Waals surface area contributed by atoms with E-state index in [1.165, 1.54) is 0 Å². The van der Waals surface area contributed by atoms with E-state index in [1.54, 1.807) is 20.8 Å². The molecule has 2 aliphatic rings. The lowest BCUT2D eigenvalue weighted by Crippen LogP contribution is -2.42. The van der Waals surface area contributed by atoms with Crippen LogP contribution in [0, 0.1) is 12.8 Å². The number of benzene rings is 1. The van der Waals surface area contributed by atoms with Crippen LogP contribution in [0.2, 0.25) is 0 Å². The standard InChI is InChI=1S/C21H31NO5S/c1-15-17(5-6-18-20(15)27-12-11-26-18)13-19(23)22-9-7-16(8-10-22)14-28(24,25)21(2,3)4/h5-6,16H,7-14H2,1-4H3. The average Bonchev–Trinajstić information content (AvgIpc) is 2.63. The van der Waals surface area contributed by atoms with Crippen molar-refractivity contribution < 1.29 is 22.7 Å². The van der Waals surface area contributed by atoms with Crippen molar-refractivity contribution in [3.8, 4) is 11.5 Å². The summed E-state index contributed by atoms with van der Waals surface area (Å²) in [6.45, 7) is 9.50. The Morgan fingerprint density at radius 1 is 1.14 bits per heavy atom. The molecule has 0 atom stereocenters. The predicted molar refractivity (Wildman–Crippen MR) is 109 cm³/mol. The molecule has 2 aliphatic heterocycles. The van der Waals surface area contributed by atoms with Gasteiger partial charge in [0.25, 0.3) is 0 Å². The van der Waals surface area contributed by atoms with Crippen molar-refractivity contribution in [2.24, 2.45) is 5.92 Å². The van der Waals surface area contributed by atoms with Crippen LogP contribution in [0.3, 0.4) is 0 Å². The molecule has 0 radical (unpaired) electrons. The summed E-state index contributed by atoms with van der Waals surface area (Å²) in [4.78, 5) is 14.6. The Labute approximate surface area is 168 Å². The lowest BCUT2D eigenvalue weighted by molar-refractivity contribution is -0.131. The third-order valence-electron chi connectivity index (χ3n) is 5.77. The number of carbonyl (C=O) groups is 1. The molecule has 0 aromatic heterocycles. The quantitative estimate of drug-likeness (QED) is 0.765. The summed E-state index contributed by atoms with van der Waals surface area (Å²) < 4.78 is 35.4. The Balaban J connectivity index is 1.58. The topological polar surface area (TPSA) is 72.9 Å². The second-order valence-electron chi connectivity index (χ2n) is 8.77. The Morgan fingerprint density at radius 3 is 2.43 bits per heavy atom. The van der Waals surface area contributed by atoms with Gasteiger partial charge in [-0.3, -0.25) is 4.79 Å². The van der Waals surface area contributed by atoms with Crippen molar-refractivity contribution in [2.45, 2.75) is 51.7 Å². The Morgan fingerprint density at radius 2 is 1.79 bits per heavy atom. The van der Waals surface area contributed by atoms with Crippen LogP contribution in [0.15, 0.2) is 12.1 Å². The number of likely N-dealkylation sites (tertiary alicyclic amines) is 1. The molecule has 1 fully saturated rings. The SMILES string of the molecule is Cc1c(CC(=O)N2CCC(CS(=O)(=O)C(C)(C)C)CC2)ccc2c1OCCO2. The molecule has 1 amide bonds. The summed E-state index contributed by atoms with van der Waals surface area (Å²) in [6.07, 6.45) is 1.80. The molecule has 3 rings (SSSR count). The van der Waals surface area contributed by atoms with Gasteiger partial charge in [-0.25, -0.2) is 8.42 Å². The van der Waals surface area contributed by atoms with Gasteiger partial charge < -0.3 is 14.4 Å². The fourth-order valence-corrected chi connectivity index (χ4v) is 5.13. The molecule has 0 N–H and O–H groups in total. The van der Waals surface area contributed by atoms with E-state index in [4.69, 9.17) is 9.47 Å². The smallest absolute Gasteiger partial charge is 0.227 e. The number of nitrogens with zero attached hydrogens (tertiary/aromatic N) is 1. The normalized spacial score (nSPS) is 18.2. The first-order valence-corrected chi connectivity index (χ1v) is 11.6. The van der Waals surface area contributed by atoms with E-state index < -0.39 is 14.6 Å². The zero-order valence-electron chi connectivity index (χ0n) is 17.3. The summed E-state index contributed by atoms with van der Waals surface area (Å²) >= 11 is 0. The molecule has 1 aromatic rings. The zero-order valence-corrected chi connectivity index (χ0v) is 18.1. The monoisotopic (exact) mass is 409 g/mol. The number of carbonyl (C=O) groups excluding carboxylic acids is 1. The highest BCUT2D eigenvalue weighted by Gasteiger charge is 2.33. The first kappa shape index (κ1) is 21.0. The third-order valence-corrected chi connectivity index (χ3v) is 8.54. The van der Waals surface area contributed by atoms with E-state index in [2.05, 4.69) is 0 Å². The maximum atomic E-state index is 12.8. The number of ether oxygens (including phenoxy) is 2. The van der Waals surface area contributed by atoms with Crippen LogP contribution in [0.4, 0.5) is 0 Å². The summed E-state index contributed by atoms with van der Waals surface area (Å²) in [6, 6.07) is 3.80. The fraction of sp³-hybridized carbons (Fsp3) is 0.667. The summed E-state index contributed by atoms with van der Waals surface area (Å²) in [5, 5.41) is 0. The molecule has 28 heavy (non-hydrogen) atoms. The summed E-state index contributed by atoms with van der Waals surface area (Å²) in [5.41, 5.74) is 1.91. The minimum atomic E-state index is -3.13. The lowest BCUT2D eigenvalue weighted by Gasteiger charge is -2.33. The number of fused-ring (bicyclic) bond motifs is 1. The van der Waals surface area contributed by atoms with Gasteiger partial charge in [0, 0.05) is 13.1 Å². The van der Waals surface area contributed by atoms with Gasteiger partial charge in [-0.15, -0.1) is 0 Å². The fourth-order valence-electron chi connectivity index (χ4n) is 3.67. The van der Waals surface area contributed by atoms with E-state index in [9.17, 15) is 13.2 Å². The van der Waals surface area contributed by atoms with Crippen molar-refractivity contribution in [3.05, 3.63) is 23.3 Å². The molecule has 0 aliphatic carbocycles.